The molecule has 0 radical (unpaired) electrons. The monoisotopic (exact) mass is 440 g/mol. The van der Waals surface area contributed by atoms with Gasteiger partial charge in [0.1, 0.15) is 12.0 Å². The Morgan fingerprint density at radius 1 is 0.909 bits per heavy atom. The van der Waals surface area contributed by atoms with E-state index in [1.165, 1.54) is 17.0 Å². The molecule has 1 saturated heterocycles. The molecule has 2 unspecified atom stereocenters. The van der Waals surface area contributed by atoms with E-state index in [9.17, 15) is 19.7 Å². The van der Waals surface area contributed by atoms with E-state index in [1.807, 2.05) is 56.3 Å². The molecule has 3 aromatic carbocycles. The molecule has 2 amide bonds. The van der Waals surface area contributed by atoms with Gasteiger partial charge in [0.15, 0.2) is 0 Å². The highest BCUT2D eigenvalue weighted by Crippen LogP contribution is 2.40. The molecule has 2 aliphatic rings. The van der Waals surface area contributed by atoms with Crippen LogP contribution in [0, 0.1) is 29.9 Å². The van der Waals surface area contributed by atoms with Crippen LogP contribution in [-0.2, 0) is 9.59 Å². The summed E-state index contributed by atoms with van der Waals surface area (Å²) in [6, 6.07) is 19.9. The Bertz CT molecular complexity index is 1320. The number of carbonyl (C=O) groups excluding carboxylic acids is 2. The molecule has 0 aromatic heterocycles. The van der Waals surface area contributed by atoms with Gasteiger partial charge >= 0.3 is 0 Å². The lowest BCUT2D eigenvalue weighted by atomic mass is 9.92. The van der Waals surface area contributed by atoms with Crippen LogP contribution in [0.4, 0.5) is 17.1 Å². The molecule has 33 heavy (non-hydrogen) atoms. The number of fused-ring (bicyclic) bond motifs is 1. The van der Waals surface area contributed by atoms with Crippen molar-refractivity contribution in [2.45, 2.75) is 19.9 Å². The summed E-state index contributed by atoms with van der Waals surface area (Å²) in [7, 11) is 0. The van der Waals surface area contributed by atoms with E-state index in [-0.39, 0.29) is 17.5 Å². The van der Waals surface area contributed by atoms with Crippen LogP contribution < -0.4 is 9.91 Å². The predicted molar refractivity (Wildman–Crippen MR) is 124 cm³/mol. The minimum absolute atomic E-state index is 0.0560. The average molecular weight is 440 g/mol. The number of hydrazone groups is 1. The van der Waals surface area contributed by atoms with Crippen LogP contribution in [0.5, 0.6) is 0 Å². The molecule has 8 heteroatoms. The van der Waals surface area contributed by atoms with Gasteiger partial charge in [0.25, 0.3) is 11.6 Å². The SMILES string of the molecule is Cc1ccc(N2C(=O)C3C(c4ccc([N+](=O)[O-])cc4)=NN(c4ccccc4)C3C2=O)c(C)c1. The first-order valence-electron chi connectivity index (χ1n) is 10.5. The van der Waals surface area contributed by atoms with Crippen LogP contribution in [-0.4, -0.2) is 28.5 Å². The Kier molecular flexibility index (Phi) is 4.78. The normalized spacial score (nSPS) is 19.6. The zero-order valence-electron chi connectivity index (χ0n) is 18.0. The number of hydrogen-bond acceptors (Lipinski definition) is 6. The molecule has 2 aliphatic heterocycles. The summed E-state index contributed by atoms with van der Waals surface area (Å²) in [5, 5.41) is 17.3. The molecule has 5 rings (SSSR count). The highest BCUT2D eigenvalue weighted by atomic mass is 16.6. The molecule has 8 nitrogen and oxygen atoms in total. The summed E-state index contributed by atoms with van der Waals surface area (Å²) in [4.78, 5) is 39.1. The minimum atomic E-state index is -0.828. The van der Waals surface area contributed by atoms with Gasteiger partial charge in [-0.1, -0.05) is 35.9 Å². The van der Waals surface area contributed by atoms with Gasteiger partial charge in [-0.05, 0) is 55.3 Å². The van der Waals surface area contributed by atoms with Crippen molar-refractivity contribution in [1.82, 2.24) is 0 Å². The summed E-state index contributed by atoms with van der Waals surface area (Å²) in [5.74, 6) is -1.52. The lowest BCUT2D eigenvalue weighted by molar-refractivity contribution is -0.384. The zero-order chi connectivity index (χ0) is 23.3. The molecule has 2 heterocycles. The molecule has 3 aromatic rings. The van der Waals surface area contributed by atoms with Crippen molar-refractivity contribution in [2.24, 2.45) is 11.0 Å². The number of benzene rings is 3. The van der Waals surface area contributed by atoms with E-state index >= 15 is 0 Å². The van der Waals surface area contributed by atoms with Crippen molar-refractivity contribution < 1.29 is 14.5 Å². The number of nitro groups is 1. The van der Waals surface area contributed by atoms with Gasteiger partial charge in [0, 0.05) is 12.1 Å². The van der Waals surface area contributed by atoms with E-state index in [0.29, 0.717) is 22.6 Å². The van der Waals surface area contributed by atoms with E-state index in [4.69, 9.17) is 0 Å². The van der Waals surface area contributed by atoms with Crippen molar-refractivity contribution in [3.05, 3.63) is 99.6 Å². The molecule has 0 saturated carbocycles. The van der Waals surface area contributed by atoms with Gasteiger partial charge in [0.05, 0.1) is 22.0 Å². The number of para-hydroxylation sites is 1. The second-order valence-electron chi connectivity index (χ2n) is 8.19. The fourth-order valence-electron chi connectivity index (χ4n) is 4.49. The minimum Gasteiger partial charge on any atom is -0.273 e. The summed E-state index contributed by atoms with van der Waals surface area (Å²) >= 11 is 0. The second kappa shape index (κ2) is 7.67. The van der Waals surface area contributed by atoms with Crippen LogP contribution in [0.15, 0.2) is 77.9 Å². The van der Waals surface area contributed by atoms with Gasteiger partial charge in [0.2, 0.25) is 5.91 Å². The molecule has 164 valence electrons. The maximum absolute atomic E-state index is 13.7. The zero-order valence-corrected chi connectivity index (χ0v) is 18.0. The lowest BCUT2D eigenvalue weighted by Crippen LogP contribution is -2.39. The predicted octanol–water partition coefficient (Wildman–Crippen LogP) is 3.99. The number of anilines is 2. The van der Waals surface area contributed by atoms with Crippen LogP contribution in [0.25, 0.3) is 0 Å². The number of imide groups is 1. The number of nitro benzene ring substituents is 1. The largest absolute Gasteiger partial charge is 0.273 e. The first-order chi connectivity index (χ1) is 15.9. The highest BCUT2D eigenvalue weighted by Gasteiger charge is 2.57. The van der Waals surface area contributed by atoms with Crippen molar-refractivity contribution in [2.75, 3.05) is 9.91 Å². The van der Waals surface area contributed by atoms with Crippen molar-refractivity contribution in [3.63, 3.8) is 0 Å². The number of aryl methyl sites for hydroxylation is 2. The number of nitrogens with zero attached hydrogens (tertiary/aromatic N) is 4. The van der Waals surface area contributed by atoms with Gasteiger partial charge in [-0.3, -0.25) is 24.7 Å². The molecule has 0 N–H and O–H groups in total. The van der Waals surface area contributed by atoms with Crippen molar-refractivity contribution >= 4 is 34.6 Å². The maximum atomic E-state index is 13.7. The fourth-order valence-corrected chi connectivity index (χ4v) is 4.49. The standard InChI is InChI=1S/C25H20N4O4/c1-15-8-13-20(16(2)14-15)27-24(30)21-22(17-9-11-19(12-10-17)29(32)33)26-28(23(21)25(27)31)18-6-4-3-5-7-18/h3-14,21,23H,1-2H3. The van der Waals surface area contributed by atoms with Crippen molar-refractivity contribution in [1.29, 1.82) is 0 Å². The second-order valence-corrected chi connectivity index (χ2v) is 8.19. The van der Waals surface area contributed by atoms with Gasteiger partial charge in [-0.25, -0.2) is 4.90 Å². The number of hydrogen-bond donors (Lipinski definition) is 0. The molecular weight excluding hydrogens is 420 g/mol. The molecule has 2 atom stereocenters. The summed E-state index contributed by atoms with van der Waals surface area (Å²) < 4.78 is 0. The number of amides is 2. The Morgan fingerprint density at radius 2 is 1.61 bits per heavy atom. The van der Waals surface area contributed by atoms with E-state index in [1.54, 1.807) is 23.2 Å². The van der Waals surface area contributed by atoms with Crippen molar-refractivity contribution in [3.8, 4) is 0 Å². The summed E-state index contributed by atoms with van der Waals surface area (Å²) in [6.45, 7) is 3.83. The van der Waals surface area contributed by atoms with Gasteiger partial charge in [-0.15, -0.1) is 0 Å². The molecular formula is C25H20N4O4. The highest BCUT2D eigenvalue weighted by molar-refractivity contribution is 6.34. The van der Waals surface area contributed by atoms with Crippen LogP contribution in [0.1, 0.15) is 16.7 Å². The lowest BCUT2D eigenvalue weighted by Gasteiger charge is -2.23. The number of carbonyl (C=O) groups is 2. The maximum Gasteiger partial charge on any atom is 0.269 e. The van der Waals surface area contributed by atoms with E-state index < -0.39 is 16.9 Å². The number of non-ortho nitro benzene ring substituents is 1. The van der Waals surface area contributed by atoms with E-state index in [0.717, 1.165) is 11.1 Å². The molecule has 1 fully saturated rings. The number of rotatable bonds is 4. The smallest absolute Gasteiger partial charge is 0.269 e. The fraction of sp³-hybridized carbons (Fsp3) is 0.160. The first kappa shape index (κ1) is 20.6. The van der Waals surface area contributed by atoms with Crippen LogP contribution in [0.2, 0.25) is 0 Å². The Labute approximate surface area is 189 Å². The average Bonchev–Trinajstić information content (AvgIpc) is 3.32. The third-order valence-electron chi connectivity index (χ3n) is 6.04. The Balaban J connectivity index is 1.62. The van der Waals surface area contributed by atoms with Gasteiger partial charge < -0.3 is 0 Å². The quantitative estimate of drug-likeness (QED) is 0.347. The Morgan fingerprint density at radius 3 is 2.24 bits per heavy atom. The molecule has 0 aliphatic carbocycles. The third kappa shape index (κ3) is 3.27. The summed E-state index contributed by atoms with van der Waals surface area (Å²) in [6.07, 6.45) is 0. The van der Waals surface area contributed by atoms with Crippen LogP contribution in [0.3, 0.4) is 0 Å². The third-order valence-corrected chi connectivity index (χ3v) is 6.04. The Hall–Kier alpha value is -4.33. The van der Waals surface area contributed by atoms with Gasteiger partial charge in [-0.2, -0.15) is 5.10 Å². The van der Waals surface area contributed by atoms with Crippen LogP contribution >= 0.6 is 0 Å². The molecule has 0 spiro atoms. The molecule has 0 bridgehead atoms. The topological polar surface area (TPSA) is 96.1 Å². The van der Waals surface area contributed by atoms with E-state index in [2.05, 4.69) is 5.10 Å². The first-order valence-corrected chi connectivity index (χ1v) is 10.5. The summed E-state index contributed by atoms with van der Waals surface area (Å²) in [5.41, 5.74) is 4.04.